The highest BCUT2D eigenvalue weighted by Crippen LogP contribution is 2.27. The van der Waals surface area contributed by atoms with Crippen molar-refractivity contribution in [1.29, 1.82) is 0 Å². The van der Waals surface area contributed by atoms with Crippen molar-refractivity contribution in [2.75, 3.05) is 39.3 Å². The van der Waals surface area contributed by atoms with Crippen LogP contribution in [0.2, 0.25) is 0 Å². The SMILES string of the molecule is O=C(Cc1ccc(S(=O)(=O)N2CCCCC2)s1)NCCCN1CCCCCC1. The summed E-state index contributed by atoms with van der Waals surface area (Å²) in [6.07, 6.45) is 9.41. The van der Waals surface area contributed by atoms with E-state index in [2.05, 4.69) is 10.2 Å². The second kappa shape index (κ2) is 10.7. The van der Waals surface area contributed by atoms with Gasteiger partial charge in [0.25, 0.3) is 10.0 Å². The summed E-state index contributed by atoms with van der Waals surface area (Å²) in [4.78, 5) is 15.5. The molecule has 0 spiro atoms. The van der Waals surface area contributed by atoms with Crippen molar-refractivity contribution in [3.63, 3.8) is 0 Å². The van der Waals surface area contributed by atoms with Crippen molar-refractivity contribution in [1.82, 2.24) is 14.5 Å². The third-order valence-electron chi connectivity index (χ3n) is 5.55. The minimum absolute atomic E-state index is 0.0281. The number of thiophene rings is 1. The molecule has 2 aliphatic heterocycles. The van der Waals surface area contributed by atoms with Gasteiger partial charge in [-0.3, -0.25) is 4.79 Å². The van der Waals surface area contributed by atoms with Gasteiger partial charge in [-0.2, -0.15) is 4.31 Å². The second-order valence-corrected chi connectivity index (χ2v) is 11.2. The Hall–Kier alpha value is -0.960. The van der Waals surface area contributed by atoms with Crippen molar-refractivity contribution in [2.24, 2.45) is 0 Å². The zero-order valence-corrected chi connectivity index (χ0v) is 18.3. The average molecular weight is 428 g/mol. The summed E-state index contributed by atoms with van der Waals surface area (Å²) in [6, 6.07) is 3.43. The van der Waals surface area contributed by atoms with Crippen molar-refractivity contribution < 1.29 is 13.2 Å². The Morgan fingerprint density at radius 1 is 0.964 bits per heavy atom. The number of rotatable bonds is 8. The fraction of sp³-hybridized carbons (Fsp3) is 0.750. The van der Waals surface area contributed by atoms with Crippen LogP contribution >= 0.6 is 11.3 Å². The molecule has 1 amide bonds. The van der Waals surface area contributed by atoms with Gasteiger partial charge in [0.05, 0.1) is 6.42 Å². The zero-order valence-electron chi connectivity index (χ0n) is 16.7. The van der Waals surface area contributed by atoms with E-state index in [9.17, 15) is 13.2 Å². The molecule has 6 nitrogen and oxygen atoms in total. The summed E-state index contributed by atoms with van der Waals surface area (Å²) in [5.74, 6) is -0.0281. The molecular formula is C20H33N3O3S2. The molecule has 2 fully saturated rings. The molecule has 158 valence electrons. The lowest BCUT2D eigenvalue weighted by Crippen LogP contribution is -2.35. The molecule has 28 heavy (non-hydrogen) atoms. The molecule has 1 N–H and O–H groups in total. The lowest BCUT2D eigenvalue weighted by Gasteiger charge is -2.25. The Morgan fingerprint density at radius 3 is 2.32 bits per heavy atom. The molecule has 0 unspecified atom stereocenters. The topological polar surface area (TPSA) is 69.7 Å². The van der Waals surface area contributed by atoms with Crippen LogP contribution in [0.25, 0.3) is 0 Å². The van der Waals surface area contributed by atoms with Crippen molar-refractivity contribution in [2.45, 2.75) is 62.0 Å². The van der Waals surface area contributed by atoms with Gasteiger partial charge in [-0.25, -0.2) is 8.42 Å². The molecule has 0 radical (unpaired) electrons. The standard InChI is InChI=1S/C20H33N3O3S2/c24-19(21-11-8-14-22-12-4-1-2-5-13-22)17-18-9-10-20(27-18)28(25,26)23-15-6-3-7-16-23/h9-10H,1-8,11-17H2,(H,21,24). The Kier molecular flexibility index (Phi) is 8.32. The summed E-state index contributed by atoms with van der Waals surface area (Å²) in [5, 5.41) is 2.98. The number of sulfonamides is 1. The van der Waals surface area contributed by atoms with Gasteiger partial charge in [0, 0.05) is 24.5 Å². The first-order valence-corrected chi connectivity index (χ1v) is 12.9. The fourth-order valence-electron chi connectivity index (χ4n) is 3.94. The number of likely N-dealkylation sites (tertiary alicyclic amines) is 1. The van der Waals surface area contributed by atoms with E-state index in [1.165, 1.54) is 50.1 Å². The maximum Gasteiger partial charge on any atom is 0.252 e. The normalized spacial score (nSPS) is 20.0. The number of nitrogens with zero attached hydrogens (tertiary/aromatic N) is 2. The number of hydrogen-bond donors (Lipinski definition) is 1. The van der Waals surface area contributed by atoms with Gasteiger partial charge >= 0.3 is 0 Å². The Morgan fingerprint density at radius 2 is 1.61 bits per heavy atom. The third-order valence-corrected chi connectivity index (χ3v) is 9.00. The number of carbonyl (C=O) groups is 1. The molecule has 3 rings (SSSR count). The molecule has 2 saturated heterocycles. The maximum absolute atomic E-state index is 12.7. The lowest BCUT2D eigenvalue weighted by molar-refractivity contribution is -0.120. The van der Waals surface area contributed by atoms with Crippen LogP contribution in [0.5, 0.6) is 0 Å². The van der Waals surface area contributed by atoms with E-state index in [4.69, 9.17) is 0 Å². The zero-order chi connectivity index (χ0) is 19.8. The molecule has 0 atom stereocenters. The largest absolute Gasteiger partial charge is 0.356 e. The average Bonchev–Trinajstić information content (AvgIpc) is 3.01. The lowest BCUT2D eigenvalue weighted by atomic mass is 10.2. The number of carbonyl (C=O) groups excluding carboxylic acids is 1. The maximum atomic E-state index is 12.7. The Labute approximate surface area is 173 Å². The van der Waals surface area contributed by atoms with Gasteiger partial charge in [0.2, 0.25) is 5.91 Å². The minimum atomic E-state index is -3.40. The molecule has 8 heteroatoms. The van der Waals surface area contributed by atoms with Gasteiger partial charge in [-0.15, -0.1) is 11.3 Å². The highest BCUT2D eigenvalue weighted by molar-refractivity contribution is 7.91. The molecule has 1 aromatic heterocycles. The van der Waals surface area contributed by atoms with E-state index < -0.39 is 10.0 Å². The van der Waals surface area contributed by atoms with E-state index >= 15 is 0 Å². The quantitative estimate of drug-likeness (QED) is 0.648. The first-order valence-electron chi connectivity index (χ1n) is 10.6. The summed E-state index contributed by atoms with van der Waals surface area (Å²) in [7, 11) is -3.40. The summed E-state index contributed by atoms with van der Waals surface area (Å²) in [6.45, 7) is 5.28. The first-order chi connectivity index (χ1) is 13.6. The van der Waals surface area contributed by atoms with Crippen LogP contribution in [0.4, 0.5) is 0 Å². The fourth-order valence-corrected chi connectivity index (χ4v) is 6.96. The molecule has 0 aromatic carbocycles. The molecule has 1 aromatic rings. The molecule has 0 aliphatic carbocycles. The van der Waals surface area contributed by atoms with E-state index in [-0.39, 0.29) is 12.3 Å². The molecule has 3 heterocycles. The minimum Gasteiger partial charge on any atom is -0.356 e. The van der Waals surface area contributed by atoms with E-state index in [1.54, 1.807) is 16.4 Å². The van der Waals surface area contributed by atoms with Gasteiger partial charge < -0.3 is 10.2 Å². The molecule has 0 saturated carbocycles. The number of piperidine rings is 1. The van der Waals surface area contributed by atoms with Crippen LogP contribution in [0.3, 0.4) is 0 Å². The van der Waals surface area contributed by atoms with Gasteiger partial charge in [-0.05, 0) is 63.9 Å². The molecule has 2 aliphatic rings. The van der Waals surface area contributed by atoms with E-state index in [0.29, 0.717) is 23.8 Å². The van der Waals surface area contributed by atoms with Crippen LogP contribution < -0.4 is 5.32 Å². The van der Waals surface area contributed by atoms with Gasteiger partial charge in [0.15, 0.2) is 0 Å². The second-order valence-electron chi connectivity index (χ2n) is 7.82. The van der Waals surface area contributed by atoms with E-state index in [0.717, 1.165) is 37.1 Å². The van der Waals surface area contributed by atoms with Crippen molar-refractivity contribution >= 4 is 27.3 Å². The third kappa shape index (κ3) is 6.27. The van der Waals surface area contributed by atoms with Crippen LogP contribution in [-0.2, 0) is 21.2 Å². The van der Waals surface area contributed by atoms with E-state index in [1.807, 2.05) is 0 Å². The monoisotopic (exact) mass is 427 g/mol. The van der Waals surface area contributed by atoms with Crippen LogP contribution in [0.1, 0.15) is 56.2 Å². The Bertz CT molecular complexity index is 719. The first kappa shape index (κ1) is 21.7. The number of nitrogens with one attached hydrogen (secondary N) is 1. The molecule has 0 bridgehead atoms. The van der Waals surface area contributed by atoms with Gasteiger partial charge in [-0.1, -0.05) is 19.3 Å². The molecular weight excluding hydrogens is 394 g/mol. The predicted molar refractivity (Wildman–Crippen MR) is 113 cm³/mol. The van der Waals surface area contributed by atoms with Crippen LogP contribution in [-0.4, -0.2) is 62.8 Å². The predicted octanol–water partition coefficient (Wildman–Crippen LogP) is 2.85. The van der Waals surface area contributed by atoms with Crippen LogP contribution in [0, 0.1) is 0 Å². The summed E-state index contributed by atoms with van der Waals surface area (Å²) < 4.78 is 27.3. The van der Waals surface area contributed by atoms with Crippen molar-refractivity contribution in [3.8, 4) is 0 Å². The summed E-state index contributed by atoms with van der Waals surface area (Å²) in [5.41, 5.74) is 0. The summed E-state index contributed by atoms with van der Waals surface area (Å²) >= 11 is 1.23. The number of hydrogen-bond acceptors (Lipinski definition) is 5. The van der Waals surface area contributed by atoms with Crippen molar-refractivity contribution in [3.05, 3.63) is 17.0 Å². The highest BCUT2D eigenvalue weighted by Gasteiger charge is 2.27. The smallest absolute Gasteiger partial charge is 0.252 e. The Balaban J connectivity index is 1.41. The highest BCUT2D eigenvalue weighted by atomic mass is 32.2. The van der Waals surface area contributed by atoms with Gasteiger partial charge in [0.1, 0.15) is 4.21 Å². The number of amides is 1. The van der Waals surface area contributed by atoms with Crippen LogP contribution in [0.15, 0.2) is 16.3 Å².